The lowest BCUT2D eigenvalue weighted by molar-refractivity contribution is -0.130. The van der Waals surface area contributed by atoms with Gasteiger partial charge < -0.3 is 5.32 Å². The van der Waals surface area contributed by atoms with Gasteiger partial charge in [-0.25, -0.2) is 4.79 Å². The Bertz CT molecular complexity index is 965. The molecule has 0 aromatic heterocycles. The molecule has 1 aromatic carbocycles. The fourth-order valence-electron chi connectivity index (χ4n) is 4.29. The Morgan fingerprint density at radius 1 is 1.12 bits per heavy atom. The van der Waals surface area contributed by atoms with Crippen molar-refractivity contribution >= 4 is 39.5 Å². The van der Waals surface area contributed by atoms with E-state index < -0.39 is 11.9 Å². The smallest absolute Gasteiger partial charge is 0.350 e. The van der Waals surface area contributed by atoms with Crippen LogP contribution in [0.5, 0.6) is 0 Å². The molecule has 32 heavy (non-hydrogen) atoms. The van der Waals surface area contributed by atoms with Crippen LogP contribution in [0.1, 0.15) is 31.2 Å². The Balaban J connectivity index is 1.18. The predicted molar refractivity (Wildman–Crippen MR) is 126 cm³/mol. The molecule has 8 heteroatoms. The van der Waals surface area contributed by atoms with Gasteiger partial charge in [-0.15, -0.1) is 0 Å². The lowest BCUT2D eigenvalue weighted by Gasteiger charge is -2.32. The van der Waals surface area contributed by atoms with Gasteiger partial charge in [-0.05, 0) is 37.0 Å². The highest BCUT2D eigenvalue weighted by molar-refractivity contribution is 9.11. The zero-order valence-electron chi connectivity index (χ0n) is 17.9. The number of fused-ring (bicyclic) bond motifs is 1. The molecule has 168 valence electrons. The number of carbonyl (C=O) groups is 3. The summed E-state index contributed by atoms with van der Waals surface area (Å²) in [6, 6.07) is 10.0. The van der Waals surface area contributed by atoms with E-state index in [-0.39, 0.29) is 30.8 Å². The van der Waals surface area contributed by atoms with E-state index in [0.29, 0.717) is 12.1 Å². The molecule has 0 radical (unpaired) electrons. The Morgan fingerprint density at radius 2 is 1.88 bits per heavy atom. The summed E-state index contributed by atoms with van der Waals surface area (Å²) in [5.41, 5.74) is 1.77. The quantitative estimate of drug-likeness (QED) is 0.624. The summed E-state index contributed by atoms with van der Waals surface area (Å²) in [5, 5.41) is 3.11. The van der Waals surface area contributed by atoms with Gasteiger partial charge in [0, 0.05) is 43.1 Å². The van der Waals surface area contributed by atoms with E-state index in [4.69, 9.17) is 0 Å². The van der Waals surface area contributed by atoms with Gasteiger partial charge in [0.05, 0.1) is 5.71 Å². The molecule has 1 unspecified atom stereocenters. The minimum atomic E-state index is -0.552. The third kappa shape index (κ3) is 5.61. The highest BCUT2D eigenvalue weighted by Crippen LogP contribution is 2.25. The van der Waals surface area contributed by atoms with Gasteiger partial charge in [-0.2, -0.15) is 4.99 Å². The minimum absolute atomic E-state index is 0.0316. The summed E-state index contributed by atoms with van der Waals surface area (Å²) in [6.07, 6.45) is 7.75. The number of rotatable bonds is 7. The van der Waals surface area contributed by atoms with E-state index in [9.17, 15) is 14.4 Å². The summed E-state index contributed by atoms with van der Waals surface area (Å²) in [4.78, 5) is 44.9. The van der Waals surface area contributed by atoms with Crippen LogP contribution in [0.15, 0.2) is 58.0 Å². The number of urea groups is 1. The number of aliphatic imine (C=N–C) groups is 1. The van der Waals surface area contributed by atoms with Crippen molar-refractivity contribution in [1.29, 1.82) is 0 Å². The van der Waals surface area contributed by atoms with Crippen molar-refractivity contribution in [2.45, 2.75) is 38.3 Å². The summed E-state index contributed by atoms with van der Waals surface area (Å²) in [6.45, 7) is 3.04. The largest absolute Gasteiger partial charge is 0.353 e. The number of piperidine rings is 1. The molecule has 4 rings (SSSR count). The summed E-state index contributed by atoms with van der Waals surface area (Å²) in [7, 11) is 0. The number of carbonyl (C=O) groups excluding carboxylic acids is 3. The summed E-state index contributed by atoms with van der Waals surface area (Å²) < 4.78 is 0.790. The van der Waals surface area contributed by atoms with Gasteiger partial charge in [0.25, 0.3) is 0 Å². The lowest BCUT2D eigenvalue weighted by Crippen LogP contribution is -2.47. The van der Waals surface area contributed by atoms with Crippen LogP contribution in [0.2, 0.25) is 0 Å². The van der Waals surface area contributed by atoms with Crippen LogP contribution in [0, 0.1) is 5.92 Å². The minimum Gasteiger partial charge on any atom is -0.353 e. The maximum absolute atomic E-state index is 12.7. The van der Waals surface area contributed by atoms with E-state index >= 15 is 0 Å². The second kappa shape index (κ2) is 10.4. The highest BCUT2D eigenvalue weighted by atomic mass is 79.9. The van der Waals surface area contributed by atoms with Crippen LogP contribution < -0.4 is 5.32 Å². The topological polar surface area (TPSA) is 82.1 Å². The number of amides is 4. The molecule has 1 fully saturated rings. The monoisotopic (exact) mass is 498 g/mol. The van der Waals surface area contributed by atoms with Crippen molar-refractivity contribution in [2.75, 3.05) is 19.6 Å². The van der Waals surface area contributed by atoms with Crippen LogP contribution in [0.3, 0.4) is 0 Å². The Labute approximate surface area is 196 Å². The molecule has 4 amide bonds. The van der Waals surface area contributed by atoms with Crippen molar-refractivity contribution in [3.8, 4) is 0 Å². The average molecular weight is 499 g/mol. The third-order valence-corrected chi connectivity index (χ3v) is 6.56. The molecule has 0 saturated carbocycles. The first-order chi connectivity index (χ1) is 15.5. The van der Waals surface area contributed by atoms with Gasteiger partial charge in [0.1, 0.15) is 5.92 Å². The maximum atomic E-state index is 12.7. The number of nitrogens with zero attached hydrogens (tertiary/aromatic N) is 3. The third-order valence-electron chi connectivity index (χ3n) is 6.03. The molecule has 2 heterocycles. The second-order valence-corrected chi connectivity index (χ2v) is 9.29. The fourth-order valence-corrected chi connectivity index (χ4v) is 4.68. The van der Waals surface area contributed by atoms with Gasteiger partial charge >= 0.3 is 6.03 Å². The first-order valence-corrected chi connectivity index (χ1v) is 11.8. The SMILES string of the molecule is O=C(CCCN1C(=O)N=C2C=CC(Br)=CC2C1=O)NC1CCN(Cc2ccccc2)CC1. The highest BCUT2D eigenvalue weighted by Gasteiger charge is 2.36. The number of hydrogen-bond donors (Lipinski definition) is 1. The molecule has 1 saturated heterocycles. The van der Waals surface area contributed by atoms with Crippen LogP contribution in [0.25, 0.3) is 0 Å². The van der Waals surface area contributed by atoms with Crippen molar-refractivity contribution in [3.63, 3.8) is 0 Å². The van der Waals surface area contributed by atoms with Gasteiger partial charge in [0.15, 0.2) is 0 Å². The molecule has 0 spiro atoms. The Hall–Kier alpha value is -2.58. The number of benzene rings is 1. The number of allylic oxidation sites excluding steroid dienone is 3. The molecule has 1 aliphatic carbocycles. The number of halogens is 1. The summed E-state index contributed by atoms with van der Waals surface area (Å²) >= 11 is 3.36. The first-order valence-electron chi connectivity index (χ1n) is 11.0. The van der Waals surface area contributed by atoms with Gasteiger partial charge in [-0.1, -0.05) is 52.3 Å². The van der Waals surface area contributed by atoms with Crippen LogP contribution in [0.4, 0.5) is 4.79 Å². The molecule has 1 aromatic rings. The van der Waals surface area contributed by atoms with E-state index in [1.165, 1.54) is 5.56 Å². The van der Waals surface area contributed by atoms with E-state index in [2.05, 4.69) is 55.4 Å². The molecule has 2 aliphatic heterocycles. The molecule has 1 N–H and O–H groups in total. The number of nitrogens with one attached hydrogen (secondary N) is 1. The van der Waals surface area contributed by atoms with E-state index in [0.717, 1.165) is 41.9 Å². The average Bonchev–Trinajstić information content (AvgIpc) is 2.79. The van der Waals surface area contributed by atoms with Crippen LogP contribution in [-0.4, -0.2) is 59.0 Å². The molecule has 1 atom stereocenters. The maximum Gasteiger partial charge on any atom is 0.350 e. The molecule has 7 nitrogen and oxygen atoms in total. The lowest BCUT2D eigenvalue weighted by atomic mass is 9.95. The Morgan fingerprint density at radius 3 is 2.62 bits per heavy atom. The standard InChI is InChI=1S/C24H27BrN4O3/c25-18-8-9-21-20(15-18)23(31)29(24(32)27-21)12-4-7-22(30)26-19-10-13-28(14-11-19)16-17-5-2-1-3-6-17/h1-3,5-6,8-9,15,19-20H,4,7,10-14,16H2,(H,26,30). The first kappa shape index (κ1) is 22.6. The number of imide groups is 1. The normalized spacial score (nSPS) is 21.8. The van der Waals surface area contributed by atoms with E-state index in [1.807, 2.05) is 6.07 Å². The van der Waals surface area contributed by atoms with Gasteiger partial charge in [0.2, 0.25) is 11.8 Å². The molecule has 3 aliphatic rings. The van der Waals surface area contributed by atoms with Crippen molar-refractivity contribution in [1.82, 2.24) is 15.1 Å². The fraction of sp³-hybridized carbons (Fsp3) is 0.417. The van der Waals surface area contributed by atoms with Crippen molar-refractivity contribution < 1.29 is 14.4 Å². The van der Waals surface area contributed by atoms with Crippen LogP contribution >= 0.6 is 15.9 Å². The van der Waals surface area contributed by atoms with Crippen molar-refractivity contribution in [3.05, 3.63) is 58.6 Å². The molecule has 0 bridgehead atoms. The van der Waals surface area contributed by atoms with Gasteiger partial charge in [-0.3, -0.25) is 19.4 Å². The zero-order valence-corrected chi connectivity index (χ0v) is 19.5. The Kier molecular flexibility index (Phi) is 7.32. The summed E-state index contributed by atoms with van der Waals surface area (Å²) in [5.74, 6) is -0.856. The van der Waals surface area contributed by atoms with E-state index in [1.54, 1.807) is 18.2 Å². The number of hydrogen-bond acceptors (Lipinski definition) is 4. The van der Waals surface area contributed by atoms with Crippen LogP contribution in [-0.2, 0) is 16.1 Å². The second-order valence-electron chi connectivity index (χ2n) is 8.38. The molecular formula is C24H27BrN4O3. The predicted octanol–water partition coefficient (Wildman–Crippen LogP) is 3.42. The van der Waals surface area contributed by atoms with Crippen molar-refractivity contribution in [2.24, 2.45) is 10.9 Å². The zero-order chi connectivity index (χ0) is 22.5. The molecular weight excluding hydrogens is 472 g/mol. The number of likely N-dealkylation sites (tertiary alicyclic amines) is 1.